The second-order valence-corrected chi connectivity index (χ2v) is 7.81. The number of benzene rings is 1. The summed E-state index contributed by atoms with van der Waals surface area (Å²) in [6.07, 6.45) is 6.03. The predicted octanol–water partition coefficient (Wildman–Crippen LogP) is 0.899. The normalized spacial score (nSPS) is 42.7. The molecular weight excluding hydrogens is 318 g/mol. The van der Waals surface area contributed by atoms with Gasteiger partial charge in [0.05, 0.1) is 24.3 Å². The number of carbonyl (C=O) groups is 1. The highest BCUT2D eigenvalue weighted by molar-refractivity contribution is 5.95. The van der Waals surface area contributed by atoms with Crippen LogP contribution in [0, 0.1) is 36.0 Å². The number of fused-ring (bicyclic) bond motifs is 3. The van der Waals surface area contributed by atoms with Crippen LogP contribution in [0.25, 0.3) is 0 Å². The standard InChI is InChI=1S/C20H21NO4/c1-2-7-25-11-5-3-10(4-6-11)20(24)21-15-9-12-13-8-14(16(12)19(15)23)17(21)18(13)22/h1,3-6,12-19,22-23H,7-9H2/t12-,13-,14+,15+,16+,17-,18-,19-/m1/s1. The van der Waals surface area contributed by atoms with Crippen molar-refractivity contribution in [2.75, 3.05) is 6.61 Å². The van der Waals surface area contributed by atoms with Crippen LogP contribution in [0.1, 0.15) is 23.2 Å². The van der Waals surface area contributed by atoms with Gasteiger partial charge in [-0.2, -0.15) is 0 Å². The highest BCUT2D eigenvalue weighted by Crippen LogP contribution is 2.64. The van der Waals surface area contributed by atoms with E-state index in [1.807, 2.05) is 0 Å². The van der Waals surface area contributed by atoms with Crippen LogP contribution < -0.4 is 4.74 Å². The first kappa shape index (κ1) is 15.2. The molecule has 3 aliphatic carbocycles. The first-order valence-electron chi connectivity index (χ1n) is 8.97. The Balaban J connectivity index is 1.45. The van der Waals surface area contributed by atoms with Crippen LogP contribution in [0.15, 0.2) is 24.3 Å². The van der Waals surface area contributed by atoms with E-state index in [2.05, 4.69) is 5.92 Å². The lowest BCUT2D eigenvalue weighted by atomic mass is 9.75. The molecule has 5 nitrogen and oxygen atoms in total. The highest BCUT2D eigenvalue weighted by Gasteiger charge is 2.70. The Bertz CT molecular complexity index is 754. The summed E-state index contributed by atoms with van der Waals surface area (Å²) in [6, 6.07) is 6.61. The number of rotatable bonds is 3. The average Bonchev–Trinajstić information content (AvgIpc) is 3.19. The first-order valence-corrected chi connectivity index (χ1v) is 8.97. The van der Waals surface area contributed by atoms with E-state index in [4.69, 9.17) is 11.2 Å². The van der Waals surface area contributed by atoms with E-state index in [0.29, 0.717) is 17.2 Å². The summed E-state index contributed by atoms with van der Waals surface area (Å²) < 4.78 is 5.35. The number of terminal acetylenes is 1. The Morgan fingerprint density at radius 2 is 1.92 bits per heavy atom. The molecule has 8 atom stereocenters. The minimum absolute atomic E-state index is 0.108. The fourth-order valence-electron chi connectivity index (χ4n) is 6.15. The van der Waals surface area contributed by atoms with E-state index >= 15 is 0 Å². The molecule has 4 fully saturated rings. The Morgan fingerprint density at radius 3 is 2.64 bits per heavy atom. The summed E-state index contributed by atoms with van der Waals surface area (Å²) in [5.74, 6) is 4.05. The van der Waals surface area contributed by atoms with E-state index < -0.39 is 12.2 Å². The third-order valence-electron chi connectivity index (χ3n) is 6.95. The summed E-state index contributed by atoms with van der Waals surface area (Å²) in [7, 11) is 0. The highest BCUT2D eigenvalue weighted by atomic mass is 16.5. The zero-order valence-corrected chi connectivity index (χ0v) is 13.8. The molecule has 0 aromatic heterocycles. The van der Waals surface area contributed by atoms with Crippen molar-refractivity contribution < 1.29 is 19.7 Å². The summed E-state index contributed by atoms with van der Waals surface area (Å²) in [4.78, 5) is 15.0. The van der Waals surface area contributed by atoms with Crippen molar-refractivity contribution in [3.63, 3.8) is 0 Å². The first-order chi connectivity index (χ1) is 12.1. The smallest absolute Gasteiger partial charge is 0.254 e. The summed E-state index contributed by atoms with van der Waals surface area (Å²) in [5, 5.41) is 21.4. The largest absolute Gasteiger partial charge is 0.481 e. The van der Waals surface area contributed by atoms with E-state index in [9.17, 15) is 15.0 Å². The molecule has 4 aliphatic rings. The summed E-state index contributed by atoms with van der Waals surface area (Å²) in [6.45, 7) is 0.188. The van der Waals surface area contributed by atoms with Gasteiger partial charge in [0.25, 0.3) is 5.91 Å². The van der Waals surface area contributed by atoms with Crippen LogP contribution >= 0.6 is 0 Å². The third kappa shape index (κ3) is 1.90. The lowest BCUT2D eigenvalue weighted by Crippen LogP contribution is -2.62. The van der Waals surface area contributed by atoms with Crippen LogP contribution in [-0.2, 0) is 0 Å². The number of aliphatic hydroxyl groups excluding tert-OH is 2. The van der Waals surface area contributed by atoms with Crippen LogP contribution in [0.3, 0.4) is 0 Å². The monoisotopic (exact) mass is 339 g/mol. The van der Waals surface area contributed by atoms with Crippen molar-refractivity contribution in [1.29, 1.82) is 0 Å². The van der Waals surface area contributed by atoms with Crippen molar-refractivity contribution in [2.24, 2.45) is 23.7 Å². The number of amides is 1. The molecule has 5 rings (SSSR count). The third-order valence-corrected chi connectivity index (χ3v) is 6.95. The topological polar surface area (TPSA) is 70.0 Å². The maximum absolute atomic E-state index is 13.2. The van der Waals surface area contributed by atoms with Gasteiger partial charge in [0, 0.05) is 5.56 Å². The Kier molecular flexibility index (Phi) is 3.19. The van der Waals surface area contributed by atoms with Gasteiger partial charge in [-0.15, -0.1) is 6.42 Å². The number of likely N-dealkylation sites (tertiary alicyclic amines) is 1. The SMILES string of the molecule is C#CCOc1ccc(C(=O)N2[C@H]3[C@H](O)[C@@H]4C[C@H]3[C@H]3[C@H](O)[C@@H]2C[C@H]43)cc1. The van der Waals surface area contributed by atoms with Crippen LogP contribution in [0.2, 0.25) is 0 Å². The molecular formula is C20H21NO4. The Labute approximate surface area is 146 Å². The van der Waals surface area contributed by atoms with Crippen LogP contribution in [0.4, 0.5) is 0 Å². The second kappa shape index (κ2) is 5.23. The molecule has 1 heterocycles. The molecule has 0 spiro atoms. The van der Waals surface area contributed by atoms with Gasteiger partial charge in [0.2, 0.25) is 0 Å². The van der Waals surface area contributed by atoms with Crippen molar-refractivity contribution in [1.82, 2.24) is 4.90 Å². The lowest BCUT2D eigenvalue weighted by Gasteiger charge is -2.48. The van der Waals surface area contributed by atoms with Crippen molar-refractivity contribution >= 4 is 5.91 Å². The number of piperidine rings is 1. The van der Waals surface area contributed by atoms with Crippen molar-refractivity contribution in [2.45, 2.75) is 37.1 Å². The molecule has 2 N–H and O–H groups in total. The van der Waals surface area contributed by atoms with Gasteiger partial charge in [-0.3, -0.25) is 4.79 Å². The predicted molar refractivity (Wildman–Crippen MR) is 89.7 cm³/mol. The van der Waals surface area contributed by atoms with E-state index in [-0.39, 0.29) is 42.4 Å². The fraction of sp³-hybridized carbons (Fsp3) is 0.550. The molecule has 1 aliphatic heterocycles. The van der Waals surface area contributed by atoms with E-state index in [1.54, 1.807) is 29.2 Å². The van der Waals surface area contributed by atoms with Crippen molar-refractivity contribution in [3.8, 4) is 18.1 Å². The maximum atomic E-state index is 13.2. The molecule has 3 saturated carbocycles. The molecule has 1 saturated heterocycles. The molecule has 25 heavy (non-hydrogen) atoms. The number of ether oxygens (including phenoxy) is 1. The van der Waals surface area contributed by atoms with Gasteiger partial charge in [-0.1, -0.05) is 5.92 Å². The van der Waals surface area contributed by atoms with Crippen LogP contribution in [-0.4, -0.2) is 51.9 Å². The Morgan fingerprint density at radius 1 is 1.16 bits per heavy atom. The van der Waals surface area contributed by atoms with E-state index in [0.717, 1.165) is 12.8 Å². The van der Waals surface area contributed by atoms with Gasteiger partial charge in [0.1, 0.15) is 12.4 Å². The van der Waals surface area contributed by atoms with Gasteiger partial charge in [-0.05, 0) is 60.8 Å². The molecule has 5 heteroatoms. The summed E-state index contributed by atoms with van der Waals surface area (Å²) in [5.41, 5.74) is 0.554. The van der Waals surface area contributed by atoms with Gasteiger partial charge in [0.15, 0.2) is 0 Å². The number of hydrogen-bond donors (Lipinski definition) is 2. The number of hydrogen-bond acceptors (Lipinski definition) is 4. The van der Waals surface area contributed by atoms with Crippen LogP contribution in [0.5, 0.6) is 5.75 Å². The number of nitrogens with zero attached hydrogens (tertiary/aromatic N) is 1. The van der Waals surface area contributed by atoms with Gasteiger partial charge < -0.3 is 19.8 Å². The maximum Gasteiger partial charge on any atom is 0.254 e. The van der Waals surface area contributed by atoms with Gasteiger partial charge in [-0.25, -0.2) is 0 Å². The summed E-state index contributed by atoms with van der Waals surface area (Å²) >= 11 is 0. The minimum atomic E-state index is -0.453. The molecule has 130 valence electrons. The van der Waals surface area contributed by atoms with E-state index in [1.165, 1.54) is 0 Å². The van der Waals surface area contributed by atoms with Gasteiger partial charge >= 0.3 is 0 Å². The number of aliphatic hydroxyl groups is 2. The number of carbonyl (C=O) groups excluding carboxylic acids is 1. The zero-order valence-electron chi connectivity index (χ0n) is 13.8. The average molecular weight is 339 g/mol. The minimum Gasteiger partial charge on any atom is -0.481 e. The molecule has 1 aromatic carbocycles. The Hall–Kier alpha value is -2.03. The zero-order chi connectivity index (χ0) is 17.3. The lowest BCUT2D eigenvalue weighted by molar-refractivity contribution is -0.0836. The quantitative estimate of drug-likeness (QED) is 0.803. The molecule has 1 aromatic rings. The van der Waals surface area contributed by atoms with Crippen molar-refractivity contribution in [3.05, 3.63) is 29.8 Å². The molecule has 4 bridgehead atoms. The second-order valence-electron chi connectivity index (χ2n) is 7.81. The molecule has 1 amide bonds. The molecule has 0 unspecified atom stereocenters. The molecule has 0 radical (unpaired) electrons. The fourth-order valence-corrected chi connectivity index (χ4v) is 6.15.